The van der Waals surface area contributed by atoms with Crippen molar-refractivity contribution in [2.24, 2.45) is 0 Å². The summed E-state index contributed by atoms with van der Waals surface area (Å²) < 4.78 is 16.3. The summed E-state index contributed by atoms with van der Waals surface area (Å²) in [6.07, 6.45) is 0.620. The SMILES string of the molecule is CCCOc1ccc(NC(=O)CC2C(=O)N(c3ccc(Cl)c(Cl)c3)C(=O)N2Cc2ccc(OC)c(OC)c2)cc1. The fraction of sp³-hybridized carbons (Fsp3) is 0.276. The van der Waals surface area contributed by atoms with Crippen molar-refractivity contribution in [2.45, 2.75) is 32.4 Å². The van der Waals surface area contributed by atoms with Gasteiger partial charge in [0.1, 0.15) is 11.8 Å². The number of urea groups is 1. The number of halogens is 2. The smallest absolute Gasteiger partial charge is 0.332 e. The Labute approximate surface area is 242 Å². The van der Waals surface area contributed by atoms with E-state index in [1.807, 2.05) is 6.92 Å². The average molecular weight is 586 g/mol. The summed E-state index contributed by atoms with van der Waals surface area (Å²) in [6, 6.07) is 15.0. The van der Waals surface area contributed by atoms with Crippen LogP contribution in [0.15, 0.2) is 60.7 Å². The summed E-state index contributed by atoms with van der Waals surface area (Å²) >= 11 is 12.2. The Hall–Kier alpha value is -3.95. The summed E-state index contributed by atoms with van der Waals surface area (Å²) in [7, 11) is 3.03. The molecular weight excluding hydrogens is 557 g/mol. The monoisotopic (exact) mass is 585 g/mol. The van der Waals surface area contributed by atoms with Crippen molar-refractivity contribution in [3.63, 3.8) is 0 Å². The Bertz CT molecular complexity index is 1400. The Balaban J connectivity index is 1.59. The average Bonchev–Trinajstić information content (AvgIpc) is 3.17. The number of carbonyl (C=O) groups excluding carboxylic acids is 3. The number of anilines is 2. The van der Waals surface area contributed by atoms with Crippen molar-refractivity contribution in [1.82, 2.24) is 4.90 Å². The number of hydrogen-bond acceptors (Lipinski definition) is 6. The van der Waals surface area contributed by atoms with Crippen LogP contribution < -0.4 is 24.4 Å². The third kappa shape index (κ3) is 6.43. The summed E-state index contributed by atoms with van der Waals surface area (Å²) in [4.78, 5) is 42.7. The van der Waals surface area contributed by atoms with E-state index in [-0.39, 0.29) is 28.7 Å². The molecule has 11 heteroatoms. The van der Waals surface area contributed by atoms with Crippen molar-refractivity contribution in [3.05, 3.63) is 76.3 Å². The maximum atomic E-state index is 13.6. The number of imide groups is 1. The first-order valence-corrected chi connectivity index (χ1v) is 13.3. The molecule has 4 amide bonds. The molecule has 4 rings (SSSR count). The molecule has 0 bridgehead atoms. The van der Waals surface area contributed by atoms with Gasteiger partial charge in [-0.1, -0.05) is 36.2 Å². The molecule has 0 aliphatic carbocycles. The van der Waals surface area contributed by atoms with E-state index >= 15 is 0 Å². The number of amides is 4. The van der Waals surface area contributed by atoms with Crippen molar-refractivity contribution in [3.8, 4) is 17.2 Å². The van der Waals surface area contributed by atoms with Crippen LogP contribution in [0.1, 0.15) is 25.3 Å². The van der Waals surface area contributed by atoms with Crippen molar-refractivity contribution >= 4 is 52.4 Å². The minimum absolute atomic E-state index is 0.0458. The van der Waals surface area contributed by atoms with Gasteiger partial charge < -0.3 is 24.4 Å². The predicted molar refractivity (Wildman–Crippen MR) is 154 cm³/mol. The lowest BCUT2D eigenvalue weighted by molar-refractivity contribution is -0.124. The van der Waals surface area contributed by atoms with E-state index in [1.165, 1.54) is 37.3 Å². The van der Waals surface area contributed by atoms with Crippen molar-refractivity contribution in [1.29, 1.82) is 0 Å². The van der Waals surface area contributed by atoms with Crippen molar-refractivity contribution in [2.75, 3.05) is 31.0 Å². The van der Waals surface area contributed by atoms with E-state index in [2.05, 4.69) is 5.32 Å². The highest BCUT2D eigenvalue weighted by Crippen LogP contribution is 2.34. The molecule has 1 aliphatic rings. The molecule has 210 valence electrons. The van der Waals surface area contributed by atoms with E-state index in [1.54, 1.807) is 42.5 Å². The van der Waals surface area contributed by atoms with Gasteiger partial charge in [-0.15, -0.1) is 0 Å². The Morgan fingerprint density at radius 2 is 1.65 bits per heavy atom. The summed E-state index contributed by atoms with van der Waals surface area (Å²) in [5, 5.41) is 3.28. The fourth-order valence-electron chi connectivity index (χ4n) is 4.29. The molecule has 1 unspecified atom stereocenters. The molecular formula is C29H29Cl2N3O6. The number of ether oxygens (including phenoxy) is 3. The van der Waals surface area contributed by atoms with Crippen LogP contribution in [0.5, 0.6) is 17.2 Å². The van der Waals surface area contributed by atoms with Crippen LogP contribution in [0.25, 0.3) is 0 Å². The number of methoxy groups -OCH3 is 2. The van der Waals surface area contributed by atoms with E-state index in [4.69, 9.17) is 37.4 Å². The minimum Gasteiger partial charge on any atom is -0.494 e. The Morgan fingerprint density at radius 1 is 0.925 bits per heavy atom. The highest BCUT2D eigenvalue weighted by Gasteiger charge is 2.46. The third-order valence-electron chi connectivity index (χ3n) is 6.27. The first-order valence-electron chi connectivity index (χ1n) is 12.6. The number of rotatable bonds is 11. The van der Waals surface area contributed by atoms with Gasteiger partial charge in [-0.05, 0) is 66.6 Å². The highest BCUT2D eigenvalue weighted by atomic mass is 35.5. The molecule has 0 saturated carbocycles. The molecule has 1 fully saturated rings. The van der Waals surface area contributed by atoms with Crippen LogP contribution in [0, 0.1) is 0 Å². The second-order valence-corrected chi connectivity index (χ2v) is 9.83. The molecule has 40 heavy (non-hydrogen) atoms. The maximum Gasteiger partial charge on any atom is 0.332 e. The molecule has 3 aromatic carbocycles. The zero-order valence-corrected chi connectivity index (χ0v) is 23.8. The van der Waals surface area contributed by atoms with E-state index in [9.17, 15) is 14.4 Å². The van der Waals surface area contributed by atoms with Gasteiger partial charge in [0.25, 0.3) is 5.91 Å². The van der Waals surface area contributed by atoms with E-state index in [0.29, 0.717) is 35.1 Å². The number of nitrogens with one attached hydrogen (secondary N) is 1. The fourth-order valence-corrected chi connectivity index (χ4v) is 4.59. The van der Waals surface area contributed by atoms with Gasteiger partial charge in [0, 0.05) is 12.2 Å². The maximum absolute atomic E-state index is 13.6. The lowest BCUT2D eigenvalue weighted by Gasteiger charge is -2.22. The Kier molecular flexibility index (Phi) is 9.39. The molecule has 3 aromatic rings. The number of benzene rings is 3. The zero-order chi connectivity index (χ0) is 28.8. The number of nitrogens with zero attached hydrogens (tertiary/aromatic N) is 2. The van der Waals surface area contributed by atoms with Gasteiger partial charge in [-0.2, -0.15) is 0 Å². The molecule has 1 N–H and O–H groups in total. The van der Waals surface area contributed by atoms with E-state index < -0.39 is 23.9 Å². The van der Waals surface area contributed by atoms with E-state index in [0.717, 1.165) is 11.3 Å². The summed E-state index contributed by atoms with van der Waals surface area (Å²) in [5.41, 5.74) is 1.48. The van der Waals surface area contributed by atoms with Gasteiger partial charge in [-0.25, -0.2) is 9.69 Å². The van der Waals surface area contributed by atoms with Gasteiger partial charge in [0.15, 0.2) is 11.5 Å². The molecule has 0 spiro atoms. The van der Waals surface area contributed by atoms with Crippen LogP contribution >= 0.6 is 23.2 Å². The van der Waals surface area contributed by atoms with Crippen LogP contribution in [0.4, 0.5) is 16.2 Å². The predicted octanol–water partition coefficient (Wildman–Crippen LogP) is 6.17. The number of carbonyl (C=O) groups is 3. The number of hydrogen-bond donors (Lipinski definition) is 1. The first kappa shape index (κ1) is 29.0. The molecule has 0 radical (unpaired) electrons. The molecule has 1 saturated heterocycles. The summed E-state index contributed by atoms with van der Waals surface area (Å²) in [6.45, 7) is 2.65. The Morgan fingerprint density at radius 3 is 2.30 bits per heavy atom. The van der Waals surface area contributed by atoms with Crippen LogP contribution in [0.3, 0.4) is 0 Å². The van der Waals surface area contributed by atoms with Gasteiger partial charge in [-0.3, -0.25) is 9.59 Å². The highest BCUT2D eigenvalue weighted by molar-refractivity contribution is 6.42. The second kappa shape index (κ2) is 12.9. The standard InChI is InChI=1S/C29H29Cl2N3O6/c1-4-13-40-21-9-6-19(7-10-21)32-27(35)16-24-28(36)34(20-8-11-22(30)23(31)15-20)29(37)33(24)17-18-5-12-25(38-2)26(14-18)39-3/h5-12,14-15,24H,4,13,16-17H2,1-3H3,(H,32,35). The molecule has 9 nitrogen and oxygen atoms in total. The molecule has 1 aliphatic heterocycles. The normalized spacial score (nSPS) is 14.9. The van der Waals surface area contributed by atoms with Gasteiger partial charge in [0.05, 0.1) is 43.0 Å². The molecule has 1 heterocycles. The van der Waals surface area contributed by atoms with Crippen LogP contribution in [-0.4, -0.2) is 49.6 Å². The van der Waals surface area contributed by atoms with Gasteiger partial charge >= 0.3 is 6.03 Å². The quantitative estimate of drug-likeness (QED) is 0.270. The topological polar surface area (TPSA) is 97.4 Å². The third-order valence-corrected chi connectivity index (χ3v) is 7.01. The molecule has 1 atom stereocenters. The second-order valence-electron chi connectivity index (χ2n) is 9.01. The van der Waals surface area contributed by atoms with Crippen LogP contribution in [0.2, 0.25) is 10.0 Å². The zero-order valence-electron chi connectivity index (χ0n) is 22.3. The van der Waals surface area contributed by atoms with Gasteiger partial charge in [0.2, 0.25) is 5.91 Å². The summed E-state index contributed by atoms with van der Waals surface area (Å²) in [5.74, 6) is 0.702. The molecule has 0 aromatic heterocycles. The largest absolute Gasteiger partial charge is 0.494 e. The van der Waals surface area contributed by atoms with Crippen LogP contribution in [-0.2, 0) is 16.1 Å². The minimum atomic E-state index is -1.07. The van der Waals surface area contributed by atoms with Crippen molar-refractivity contribution < 1.29 is 28.6 Å². The lowest BCUT2D eigenvalue weighted by atomic mass is 10.1. The lowest BCUT2D eigenvalue weighted by Crippen LogP contribution is -2.37. The first-order chi connectivity index (χ1) is 19.2.